The van der Waals surface area contributed by atoms with Gasteiger partial charge in [0.1, 0.15) is 0 Å². The van der Waals surface area contributed by atoms with Crippen LogP contribution in [0.1, 0.15) is 26.7 Å². The summed E-state index contributed by atoms with van der Waals surface area (Å²) >= 11 is 0. The maximum Gasteiger partial charge on any atom is 0.239 e. The SMILES string of the molecule is CCS(=O)(=O)NC(=O)C1(C)CCNCC1. The Balaban J connectivity index is 2.67. The van der Waals surface area contributed by atoms with Gasteiger partial charge in [0.2, 0.25) is 15.9 Å². The van der Waals surface area contributed by atoms with Crippen LogP contribution in [0.5, 0.6) is 0 Å². The summed E-state index contributed by atoms with van der Waals surface area (Å²) in [5.41, 5.74) is -0.548. The molecule has 1 amide bonds. The van der Waals surface area contributed by atoms with Crippen molar-refractivity contribution in [2.24, 2.45) is 5.41 Å². The molecule has 6 heteroatoms. The van der Waals surface area contributed by atoms with Gasteiger partial charge in [-0.1, -0.05) is 6.92 Å². The van der Waals surface area contributed by atoms with E-state index >= 15 is 0 Å². The fourth-order valence-electron chi connectivity index (χ4n) is 1.54. The van der Waals surface area contributed by atoms with Gasteiger partial charge < -0.3 is 5.32 Å². The van der Waals surface area contributed by atoms with Gasteiger partial charge in [-0.2, -0.15) is 0 Å². The molecule has 2 N–H and O–H groups in total. The van der Waals surface area contributed by atoms with Crippen molar-refractivity contribution in [3.05, 3.63) is 0 Å². The van der Waals surface area contributed by atoms with Crippen LogP contribution >= 0.6 is 0 Å². The predicted octanol–water partition coefficient (Wildman–Crippen LogP) is -0.158. The van der Waals surface area contributed by atoms with E-state index in [1.54, 1.807) is 0 Å². The minimum Gasteiger partial charge on any atom is -0.317 e. The van der Waals surface area contributed by atoms with Crippen LogP contribution in [0.25, 0.3) is 0 Å². The Labute approximate surface area is 90.7 Å². The summed E-state index contributed by atoms with van der Waals surface area (Å²) in [5.74, 6) is -0.432. The number of hydrogen-bond donors (Lipinski definition) is 2. The zero-order valence-electron chi connectivity index (χ0n) is 9.17. The molecule has 0 aliphatic carbocycles. The van der Waals surface area contributed by atoms with Gasteiger partial charge in [-0.05, 0) is 32.9 Å². The van der Waals surface area contributed by atoms with Crippen molar-refractivity contribution < 1.29 is 13.2 Å². The van der Waals surface area contributed by atoms with Crippen molar-refractivity contribution in [2.45, 2.75) is 26.7 Å². The summed E-state index contributed by atoms with van der Waals surface area (Å²) in [6.07, 6.45) is 1.36. The van der Waals surface area contributed by atoms with Crippen LogP contribution < -0.4 is 10.0 Å². The van der Waals surface area contributed by atoms with E-state index in [9.17, 15) is 13.2 Å². The molecule has 0 saturated carbocycles. The Bertz CT molecular complexity index is 331. The lowest BCUT2D eigenvalue weighted by Gasteiger charge is -2.32. The van der Waals surface area contributed by atoms with E-state index in [0.29, 0.717) is 12.8 Å². The second-order valence-corrected chi connectivity index (χ2v) is 6.16. The summed E-state index contributed by atoms with van der Waals surface area (Å²) in [7, 11) is -3.43. The smallest absolute Gasteiger partial charge is 0.239 e. The van der Waals surface area contributed by atoms with Crippen LogP contribution in [0.4, 0.5) is 0 Å². The molecule has 0 aromatic rings. The van der Waals surface area contributed by atoms with E-state index in [0.717, 1.165) is 13.1 Å². The van der Waals surface area contributed by atoms with Gasteiger partial charge in [0.15, 0.2) is 0 Å². The van der Waals surface area contributed by atoms with Gasteiger partial charge in [-0.15, -0.1) is 0 Å². The number of sulfonamides is 1. The third kappa shape index (κ3) is 3.17. The second-order valence-electron chi connectivity index (χ2n) is 4.15. The molecule has 0 aromatic heterocycles. The average Bonchev–Trinajstić information content (AvgIpc) is 2.18. The lowest BCUT2D eigenvalue weighted by atomic mass is 9.80. The number of hydrogen-bond acceptors (Lipinski definition) is 4. The molecular formula is C9H18N2O3S. The van der Waals surface area contributed by atoms with E-state index in [-0.39, 0.29) is 11.7 Å². The topological polar surface area (TPSA) is 75.3 Å². The molecular weight excluding hydrogens is 216 g/mol. The molecule has 1 saturated heterocycles. The van der Waals surface area contributed by atoms with E-state index < -0.39 is 15.4 Å². The molecule has 1 heterocycles. The molecule has 0 aromatic carbocycles. The minimum atomic E-state index is -3.43. The number of nitrogens with one attached hydrogen (secondary N) is 2. The highest BCUT2D eigenvalue weighted by atomic mass is 32.2. The Hall–Kier alpha value is -0.620. The van der Waals surface area contributed by atoms with Crippen LogP contribution in [0.15, 0.2) is 0 Å². The van der Waals surface area contributed by atoms with Crippen LogP contribution in [-0.4, -0.2) is 33.2 Å². The Morgan fingerprint density at radius 1 is 1.40 bits per heavy atom. The predicted molar refractivity (Wildman–Crippen MR) is 57.8 cm³/mol. The van der Waals surface area contributed by atoms with Crippen molar-refractivity contribution >= 4 is 15.9 Å². The first-order chi connectivity index (χ1) is 6.90. The van der Waals surface area contributed by atoms with Crippen LogP contribution in [-0.2, 0) is 14.8 Å². The molecule has 1 aliphatic heterocycles. The third-order valence-electron chi connectivity index (χ3n) is 2.88. The molecule has 1 aliphatic rings. The number of rotatable bonds is 3. The quantitative estimate of drug-likeness (QED) is 0.711. The molecule has 0 radical (unpaired) electrons. The Morgan fingerprint density at radius 2 is 1.93 bits per heavy atom. The van der Waals surface area contributed by atoms with Crippen molar-refractivity contribution in [3.8, 4) is 0 Å². The van der Waals surface area contributed by atoms with Crippen LogP contribution in [0.3, 0.4) is 0 Å². The lowest BCUT2D eigenvalue weighted by Crippen LogP contribution is -2.47. The molecule has 0 unspecified atom stereocenters. The van der Waals surface area contributed by atoms with Crippen molar-refractivity contribution in [2.75, 3.05) is 18.8 Å². The van der Waals surface area contributed by atoms with E-state index in [2.05, 4.69) is 10.0 Å². The molecule has 15 heavy (non-hydrogen) atoms. The summed E-state index contributed by atoms with van der Waals surface area (Å²) < 4.78 is 24.6. The van der Waals surface area contributed by atoms with Gasteiger partial charge in [-0.25, -0.2) is 8.42 Å². The first kappa shape index (κ1) is 12.4. The van der Waals surface area contributed by atoms with Gasteiger partial charge >= 0.3 is 0 Å². The van der Waals surface area contributed by atoms with Gasteiger partial charge in [-0.3, -0.25) is 9.52 Å². The zero-order chi connectivity index (χ0) is 11.5. The molecule has 0 bridgehead atoms. The molecule has 5 nitrogen and oxygen atoms in total. The summed E-state index contributed by atoms with van der Waals surface area (Å²) in [6, 6.07) is 0. The van der Waals surface area contributed by atoms with E-state index in [4.69, 9.17) is 0 Å². The average molecular weight is 234 g/mol. The van der Waals surface area contributed by atoms with Crippen molar-refractivity contribution in [1.82, 2.24) is 10.0 Å². The highest BCUT2D eigenvalue weighted by molar-refractivity contribution is 7.90. The number of amides is 1. The number of carbonyl (C=O) groups excluding carboxylic acids is 1. The molecule has 1 rings (SSSR count). The molecule has 1 fully saturated rings. The summed E-state index contributed by atoms with van der Waals surface area (Å²) in [4.78, 5) is 11.8. The molecule has 0 atom stereocenters. The normalized spacial score (nSPS) is 20.9. The standard InChI is InChI=1S/C9H18N2O3S/c1-3-15(13,14)11-8(12)9(2)4-6-10-7-5-9/h10H,3-7H2,1-2H3,(H,11,12). The summed E-state index contributed by atoms with van der Waals surface area (Å²) in [6.45, 7) is 4.85. The first-order valence-electron chi connectivity index (χ1n) is 5.15. The van der Waals surface area contributed by atoms with Gasteiger partial charge in [0, 0.05) is 5.41 Å². The Morgan fingerprint density at radius 3 is 2.40 bits per heavy atom. The highest BCUT2D eigenvalue weighted by Crippen LogP contribution is 2.28. The van der Waals surface area contributed by atoms with E-state index in [1.165, 1.54) is 6.92 Å². The number of carbonyl (C=O) groups is 1. The maximum atomic E-state index is 11.8. The third-order valence-corrected chi connectivity index (χ3v) is 4.14. The second kappa shape index (κ2) is 4.49. The summed E-state index contributed by atoms with van der Waals surface area (Å²) in [5, 5.41) is 3.14. The van der Waals surface area contributed by atoms with Gasteiger partial charge in [0.05, 0.1) is 5.75 Å². The lowest BCUT2D eigenvalue weighted by molar-refractivity contribution is -0.129. The minimum absolute atomic E-state index is 0.0624. The molecule has 88 valence electrons. The van der Waals surface area contributed by atoms with Crippen LogP contribution in [0.2, 0.25) is 0 Å². The van der Waals surface area contributed by atoms with Gasteiger partial charge in [0.25, 0.3) is 0 Å². The van der Waals surface area contributed by atoms with Crippen molar-refractivity contribution in [1.29, 1.82) is 0 Å². The molecule has 0 spiro atoms. The fraction of sp³-hybridized carbons (Fsp3) is 0.889. The fourth-order valence-corrected chi connectivity index (χ4v) is 2.22. The largest absolute Gasteiger partial charge is 0.317 e. The Kier molecular flexibility index (Phi) is 3.72. The monoisotopic (exact) mass is 234 g/mol. The maximum absolute atomic E-state index is 11.8. The van der Waals surface area contributed by atoms with Crippen LogP contribution in [0, 0.1) is 5.41 Å². The highest BCUT2D eigenvalue weighted by Gasteiger charge is 2.36. The van der Waals surface area contributed by atoms with Crippen molar-refractivity contribution in [3.63, 3.8) is 0 Å². The zero-order valence-corrected chi connectivity index (χ0v) is 9.99. The first-order valence-corrected chi connectivity index (χ1v) is 6.80. The number of piperidine rings is 1. The van der Waals surface area contributed by atoms with E-state index in [1.807, 2.05) is 6.92 Å².